The topological polar surface area (TPSA) is 29.5 Å². The average molecular weight is 220 g/mol. The molecule has 0 aromatic rings. The van der Waals surface area contributed by atoms with E-state index in [9.17, 15) is 4.79 Å². The molecule has 1 aliphatic heterocycles. The molecule has 0 spiro atoms. The second kappa shape index (κ2) is 5.56. The monoisotopic (exact) mass is 219 g/mol. The lowest BCUT2D eigenvalue weighted by molar-refractivity contribution is -0.191. The predicted octanol–water partition coefficient (Wildman–Crippen LogP) is 2.15. The first-order chi connectivity index (χ1) is 6.36. The van der Waals surface area contributed by atoms with Gasteiger partial charge in [-0.2, -0.15) is 0 Å². The van der Waals surface area contributed by atoms with Crippen molar-refractivity contribution in [3.05, 3.63) is 0 Å². The van der Waals surface area contributed by atoms with E-state index in [4.69, 9.17) is 4.84 Å². The van der Waals surface area contributed by atoms with Gasteiger partial charge in [-0.25, -0.2) is 0 Å². The van der Waals surface area contributed by atoms with Crippen LogP contribution in [0.15, 0.2) is 0 Å². The van der Waals surface area contributed by atoms with Crippen LogP contribution in [0.1, 0.15) is 38.5 Å². The van der Waals surface area contributed by atoms with Gasteiger partial charge >= 0.3 is 5.97 Å². The van der Waals surface area contributed by atoms with Crippen LogP contribution in [0, 0.1) is 5.92 Å². The molecule has 0 bridgehead atoms. The van der Waals surface area contributed by atoms with E-state index in [-0.39, 0.29) is 24.3 Å². The van der Waals surface area contributed by atoms with Crippen LogP contribution in [0.2, 0.25) is 0 Å². The Morgan fingerprint density at radius 1 is 1.07 bits per heavy atom. The second-order valence-electron chi connectivity index (χ2n) is 4.03. The first-order valence-electron chi connectivity index (χ1n) is 5.33. The molecule has 0 aromatic carbocycles. The first-order valence-corrected chi connectivity index (χ1v) is 5.33. The standard InChI is InChI=1S/C10H17NO2.ClH/c12-10(9-5-6-9)13-11-7-3-1-2-4-8-11;/h9H,1-8H2;1H. The van der Waals surface area contributed by atoms with Crippen LogP contribution in [0.4, 0.5) is 0 Å². The molecule has 1 saturated heterocycles. The molecule has 82 valence electrons. The summed E-state index contributed by atoms with van der Waals surface area (Å²) < 4.78 is 0. The second-order valence-corrected chi connectivity index (χ2v) is 4.03. The van der Waals surface area contributed by atoms with Crippen molar-refractivity contribution >= 4 is 18.4 Å². The van der Waals surface area contributed by atoms with Gasteiger partial charge in [0.2, 0.25) is 0 Å². The average Bonchev–Trinajstić information content (AvgIpc) is 2.92. The Labute approximate surface area is 91.2 Å². The number of hydrogen-bond acceptors (Lipinski definition) is 3. The number of carbonyl (C=O) groups is 1. The fraction of sp³-hybridized carbons (Fsp3) is 0.900. The molecule has 2 aliphatic rings. The van der Waals surface area contributed by atoms with Crippen molar-refractivity contribution in [2.45, 2.75) is 38.5 Å². The lowest BCUT2D eigenvalue weighted by Gasteiger charge is -2.18. The van der Waals surface area contributed by atoms with E-state index >= 15 is 0 Å². The molecule has 0 unspecified atom stereocenters. The molecule has 0 amide bonds. The van der Waals surface area contributed by atoms with Crippen molar-refractivity contribution in [3.8, 4) is 0 Å². The summed E-state index contributed by atoms with van der Waals surface area (Å²) in [7, 11) is 0. The Hall–Kier alpha value is -0.280. The molecule has 1 aliphatic carbocycles. The van der Waals surface area contributed by atoms with Crippen LogP contribution in [0.5, 0.6) is 0 Å². The highest BCUT2D eigenvalue weighted by molar-refractivity contribution is 5.85. The van der Waals surface area contributed by atoms with Gasteiger partial charge in [0.05, 0.1) is 5.92 Å². The third-order valence-electron chi connectivity index (χ3n) is 2.69. The van der Waals surface area contributed by atoms with Crippen molar-refractivity contribution in [1.82, 2.24) is 5.06 Å². The molecule has 0 radical (unpaired) electrons. The minimum absolute atomic E-state index is 0. The van der Waals surface area contributed by atoms with Crippen LogP contribution >= 0.6 is 12.4 Å². The minimum Gasteiger partial charge on any atom is -0.368 e. The van der Waals surface area contributed by atoms with Crippen LogP contribution in [0.25, 0.3) is 0 Å². The first kappa shape index (κ1) is 11.8. The Morgan fingerprint density at radius 2 is 1.64 bits per heavy atom. The van der Waals surface area contributed by atoms with E-state index in [2.05, 4.69) is 0 Å². The third-order valence-corrected chi connectivity index (χ3v) is 2.69. The third kappa shape index (κ3) is 3.46. The van der Waals surface area contributed by atoms with E-state index < -0.39 is 0 Å². The Kier molecular flexibility index (Phi) is 4.69. The fourth-order valence-corrected chi connectivity index (χ4v) is 1.65. The molecule has 3 nitrogen and oxygen atoms in total. The van der Waals surface area contributed by atoms with Crippen molar-refractivity contribution in [2.75, 3.05) is 13.1 Å². The summed E-state index contributed by atoms with van der Waals surface area (Å²) in [5, 5.41) is 1.85. The maximum atomic E-state index is 11.3. The lowest BCUT2D eigenvalue weighted by Crippen LogP contribution is -2.28. The summed E-state index contributed by atoms with van der Waals surface area (Å²) in [6.07, 6.45) is 6.95. The molecule has 0 N–H and O–H groups in total. The largest absolute Gasteiger partial charge is 0.368 e. The van der Waals surface area contributed by atoms with E-state index in [1.807, 2.05) is 5.06 Å². The zero-order chi connectivity index (χ0) is 9.10. The summed E-state index contributed by atoms with van der Waals surface area (Å²) in [4.78, 5) is 16.6. The highest BCUT2D eigenvalue weighted by atomic mass is 35.5. The smallest absolute Gasteiger partial charge is 0.328 e. The maximum Gasteiger partial charge on any atom is 0.328 e. The number of carbonyl (C=O) groups excluding carboxylic acids is 1. The molecule has 1 heterocycles. The van der Waals surface area contributed by atoms with Gasteiger partial charge in [0.25, 0.3) is 0 Å². The molecular weight excluding hydrogens is 202 g/mol. The number of hydrogen-bond donors (Lipinski definition) is 0. The molecule has 0 aromatic heterocycles. The van der Waals surface area contributed by atoms with E-state index in [0.717, 1.165) is 38.8 Å². The molecular formula is C10H18ClNO2. The molecule has 0 atom stereocenters. The van der Waals surface area contributed by atoms with Crippen LogP contribution in [-0.2, 0) is 9.63 Å². The summed E-state index contributed by atoms with van der Waals surface area (Å²) in [6.45, 7) is 1.86. The van der Waals surface area contributed by atoms with E-state index in [0.29, 0.717) is 0 Å². The number of nitrogens with zero attached hydrogens (tertiary/aromatic N) is 1. The summed E-state index contributed by atoms with van der Waals surface area (Å²) >= 11 is 0. The van der Waals surface area contributed by atoms with Gasteiger partial charge in [0.1, 0.15) is 0 Å². The fourth-order valence-electron chi connectivity index (χ4n) is 1.65. The van der Waals surface area contributed by atoms with Gasteiger partial charge in [0.15, 0.2) is 0 Å². The van der Waals surface area contributed by atoms with Gasteiger partial charge in [0, 0.05) is 13.1 Å². The minimum atomic E-state index is 0. The Bertz CT molecular complexity index is 187. The van der Waals surface area contributed by atoms with Gasteiger partial charge < -0.3 is 4.84 Å². The van der Waals surface area contributed by atoms with Gasteiger partial charge in [-0.15, -0.1) is 17.5 Å². The number of rotatable bonds is 2. The highest BCUT2D eigenvalue weighted by Crippen LogP contribution is 2.30. The SMILES string of the molecule is Cl.O=C(ON1CCCCCC1)C1CC1. The van der Waals surface area contributed by atoms with Gasteiger partial charge in [-0.3, -0.25) is 4.79 Å². The van der Waals surface area contributed by atoms with Crippen molar-refractivity contribution in [2.24, 2.45) is 5.92 Å². The molecule has 1 saturated carbocycles. The van der Waals surface area contributed by atoms with E-state index in [1.54, 1.807) is 0 Å². The van der Waals surface area contributed by atoms with Gasteiger partial charge in [-0.05, 0) is 25.7 Å². The molecule has 4 heteroatoms. The van der Waals surface area contributed by atoms with Gasteiger partial charge in [-0.1, -0.05) is 12.8 Å². The van der Waals surface area contributed by atoms with Crippen molar-refractivity contribution in [1.29, 1.82) is 0 Å². The molecule has 14 heavy (non-hydrogen) atoms. The zero-order valence-electron chi connectivity index (χ0n) is 8.41. The van der Waals surface area contributed by atoms with Crippen LogP contribution in [0.3, 0.4) is 0 Å². The summed E-state index contributed by atoms with van der Waals surface area (Å²) in [6, 6.07) is 0. The predicted molar refractivity (Wildman–Crippen MR) is 56.1 cm³/mol. The maximum absolute atomic E-state index is 11.3. The summed E-state index contributed by atoms with van der Waals surface area (Å²) in [5.41, 5.74) is 0. The van der Waals surface area contributed by atoms with Crippen LogP contribution in [-0.4, -0.2) is 24.1 Å². The normalized spacial score (nSPS) is 23.4. The summed E-state index contributed by atoms with van der Waals surface area (Å²) in [5.74, 6) is 0.227. The highest BCUT2D eigenvalue weighted by Gasteiger charge is 2.32. The quantitative estimate of drug-likeness (QED) is 0.713. The zero-order valence-corrected chi connectivity index (χ0v) is 9.22. The molecule has 2 fully saturated rings. The number of hydroxylamine groups is 2. The Morgan fingerprint density at radius 3 is 2.14 bits per heavy atom. The Balaban J connectivity index is 0.000000980. The number of halogens is 1. The lowest BCUT2D eigenvalue weighted by atomic mass is 10.2. The molecule has 2 rings (SSSR count). The van der Waals surface area contributed by atoms with Crippen LogP contribution < -0.4 is 0 Å². The van der Waals surface area contributed by atoms with Crippen molar-refractivity contribution < 1.29 is 9.63 Å². The van der Waals surface area contributed by atoms with E-state index in [1.165, 1.54) is 12.8 Å². The van der Waals surface area contributed by atoms with Crippen molar-refractivity contribution in [3.63, 3.8) is 0 Å².